The Morgan fingerprint density at radius 3 is 2.17 bits per heavy atom. The van der Waals surface area contributed by atoms with Crippen molar-refractivity contribution in [1.82, 2.24) is 0 Å². The molecule has 1 amide bonds. The molecule has 0 bridgehead atoms. The van der Waals surface area contributed by atoms with E-state index in [0.717, 1.165) is 36.0 Å². The summed E-state index contributed by atoms with van der Waals surface area (Å²) in [5.74, 6) is 0.380. The predicted molar refractivity (Wildman–Crippen MR) is 121 cm³/mol. The summed E-state index contributed by atoms with van der Waals surface area (Å²) in [4.78, 5) is 12.9. The van der Waals surface area contributed by atoms with E-state index in [1.807, 2.05) is 32.0 Å². The van der Waals surface area contributed by atoms with Crippen LogP contribution in [0.4, 0.5) is 11.4 Å². The third-order valence-corrected chi connectivity index (χ3v) is 6.52. The van der Waals surface area contributed by atoms with Gasteiger partial charge in [-0.2, -0.15) is 0 Å². The molecule has 1 N–H and O–H groups in total. The number of hydrogen-bond acceptors (Lipinski definition) is 4. The number of amides is 1. The molecule has 7 heteroatoms. The maximum absolute atomic E-state index is 12.9. The molecule has 30 heavy (non-hydrogen) atoms. The van der Waals surface area contributed by atoms with Gasteiger partial charge in [-0.05, 0) is 94.0 Å². The number of aryl methyl sites for hydroxylation is 2. The van der Waals surface area contributed by atoms with Crippen molar-refractivity contribution in [2.24, 2.45) is 0 Å². The summed E-state index contributed by atoms with van der Waals surface area (Å²) in [5, 5.41) is 2.81. The minimum absolute atomic E-state index is 0.270. The zero-order valence-electron chi connectivity index (χ0n) is 18.0. The first kappa shape index (κ1) is 22.2. The fourth-order valence-corrected chi connectivity index (χ4v) is 5.11. The Balaban J connectivity index is 1.73. The summed E-state index contributed by atoms with van der Waals surface area (Å²) in [6, 6.07) is 11.8. The van der Waals surface area contributed by atoms with E-state index in [2.05, 4.69) is 5.32 Å². The van der Waals surface area contributed by atoms with Crippen LogP contribution >= 0.6 is 0 Å². The van der Waals surface area contributed by atoms with Crippen molar-refractivity contribution in [3.63, 3.8) is 0 Å². The highest BCUT2D eigenvalue weighted by Crippen LogP contribution is 2.26. The van der Waals surface area contributed by atoms with Gasteiger partial charge in [-0.15, -0.1) is 0 Å². The van der Waals surface area contributed by atoms with Crippen LogP contribution in [0.2, 0.25) is 0 Å². The standard InChI is InChI=1S/C23H30N2O4S/c1-16-13-17(2)15-20(14-16)25(30(4,27)28)18(3)23(26)24-19-9-11-22(12-10-19)29-21-7-5-6-8-21/h9-15,18,21H,5-8H2,1-4H3,(H,24,26)/t18-/m1/s1. The molecule has 0 aromatic heterocycles. The van der Waals surface area contributed by atoms with Crippen LogP contribution in [-0.4, -0.2) is 32.7 Å². The normalized spacial score (nSPS) is 15.6. The van der Waals surface area contributed by atoms with Gasteiger partial charge in [0.05, 0.1) is 18.0 Å². The topological polar surface area (TPSA) is 75.7 Å². The smallest absolute Gasteiger partial charge is 0.247 e. The lowest BCUT2D eigenvalue weighted by Crippen LogP contribution is -2.45. The number of sulfonamides is 1. The number of rotatable bonds is 7. The third kappa shape index (κ3) is 5.53. The van der Waals surface area contributed by atoms with Gasteiger partial charge in [0.15, 0.2) is 0 Å². The van der Waals surface area contributed by atoms with E-state index in [1.54, 1.807) is 31.2 Å². The molecule has 0 aliphatic heterocycles. The lowest BCUT2D eigenvalue weighted by Gasteiger charge is -2.28. The van der Waals surface area contributed by atoms with Gasteiger partial charge in [0, 0.05) is 5.69 Å². The van der Waals surface area contributed by atoms with E-state index >= 15 is 0 Å². The SMILES string of the molecule is Cc1cc(C)cc(N([C@H](C)C(=O)Nc2ccc(OC3CCCC3)cc2)S(C)(=O)=O)c1. The van der Waals surface area contributed by atoms with Crippen LogP contribution in [-0.2, 0) is 14.8 Å². The fourth-order valence-electron chi connectivity index (χ4n) is 3.95. The van der Waals surface area contributed by atoms with Crippen LogP contribution < -0.4 is 14.4 Å². The minimum atomic E-state index is -3.66. The van der Waals surface area contributed by atoms with E-state index in [4.69, 9.17) is 4.74 Å². The highest BCUT2D eigenvalue weighted by molar-refractivity contribution is 7.92. The molecule has 1 saturated carbocycles. The Kier molecular flexibility index (Phi) is 6.71. The molecular weight excluding hydrogens is 400 g/mol. The van der Waals surface area contributed by atoms with Crippen LogP contribution in [0.5, 0.6) is 5.75 Å². The van der Waals surface area contributed by atoms with E-state index in [9.17, 15) is 13.2 Å². The first-order chi connectivity index (χ1) is 14.1. The molecule has 1 fully saturated rings. The predicted octanol–water partition coefficient (Wildman–Crippen LogP) is 4.42. The number of carbonyl (C=O) groups is 1. The summed E-state index contributed by atoms with van der Waals surface area (Å²) in [6.45, 7) is 5.39. The molecule has 1 aliphatic rings. The number of carbonyl (C=O) groups excluding carboxylic acids is 1. The van der Waals surface area contributed by atoms with Crippen molar-refractivity contribution < 1.29 is 17.9 Å². The van der Waals surface area contributed by atoms with Crippen LogP contribution in [0.1, 0.15) is 43.7 Å². The average molecular weight is 431 g/mol. The summed E-state index contributed by atoms with van der Waals surface area (Å²) >= 11 is 0. The lowest BCUT2D eigenvalue weighted by atomic mass is 10.1. The van der Waals surface area contributed by atoms with Crippen molar-refractivity contribution in [2.45, 2.75) is 58.6 Å². The second kappa shape index (κ2) is 9.08. The van der Waals surface area contributed by atoms with Crippen LogP contribution in [0, 0.1) is 13.8 Å². The van der Waals surface area contributed by atoms with E-state index in [0.29, 0.717) is 11.4 Å². The van der Waals surface area contributed by atoms with Crippen molar-refractivity contribution in [3.8, 4) is 5.75 Å². The van der Waals surface area contributed by atoms with Crippen molar-refractivity contribution in [3.05, 3.63) is 53.6 Å². The van der Waals surface area contributed by atoms with Crippen molar-refractivity contribution >= 4 is 27.3 Å². The van der Waals surface area contributed by atoms with E-state index in [1.165, 1.54) is 17.1 Å². The molecule has 6 nitrogen and oxygen atoms in total. The highest BCUT2D eigenvalue weighted by Gasteiger charge is 2.29. The molecule has 162 valence electrons. The number of ether oxygens (including phenoxy) is 1. The largest absolute Gasteiger partial charge is 0.490 e. The number of nitrogens with one attached hydrogen (secondary N) is 1. The Morgan fingerprint density at radius 1 is 1.07 bits per heavy atom. The van der Waals surface area contributed by atoms with Gasteiger partial charge < -0.3 is 10.1 Å². The lowest BCUT2D eigenvalue weighted by molar-refractivity contribution is -0.116. The molecule has 2 aromatic rings. The zero-order chi connectivity index (χ0) is 21.9. The van der Waals surface area contributed by atoms with Gasteiger partial charge in [-0.1, -0.05) is 6.07 Å². The average Bonchev–Trinajstić information content (AvgIpc) is 3.14. The van der Waals surface area contributed by atoms with Gasteiger partial charge in [-0.3, -0.25) is 9.10 Å². The maximum atomic E-state index is 12.9. The minimum Gasteiger partial charge on any atom is -0.490 e. The molecule has 0 radical (unpaired) electrons. The monoisotopic (exact) mass is 430 g/mol. The van der Waals surface area contributed by atoms with Gasteiger partial charge in [0.25, 0.3) is 0 Å². The zero-order valence-corrected chi connectivity index (χ0v) is 18.8. The Bertz CT molecular complexity index is 976. The van der Waals surface area contributed by atoms with Crippen molar-refractivity contribution in [2.75, 3.05) is 15.9 Å². The van der Waals surface area contributed by atoms with Crippen LogP contribution in [0.3, 0.4) is 0 Å². The molecule has 0 spiro atoms. The van der Waals surface area contributed by atoms with Crippen LogP contribution in [0.15, 0.2) is 42.5 Å². The number of anilines is 2. The molecule has 0 heterocycles. The summed E-state index contributed by atoms with van der Waals surface area (Å²) < 4.78 is 32.1. The molecule has 3 rings (SSSR count). The number of benzene rings is 2. The molecular formula is C23H30N2O4S. The van der Waals surface area contributed by atoms with Crippen LogP contribution in [0.25, 0.3) is 0 Å². The molecule has 1 atom stereocenters. The Hall–Kier alpha value is -2.54. The molecule has 0 saturated heterocycles. The second-order valence-corrected chi connectivity index (χ2v) is 9.98. The summed E-state index contributed by atoms with van der Waals surface area (Å²) in [6.07, 6.45) is 5.95. The summed E-state index contributed by atoms with van der Waals surface area (Å²) in [5.41, 5.74) is 2.95. The number of nitrogens with zero attached hydrogens (tertiary/aromatic N) is 1. The first-order valence-electron chi connectivity index (χ1n) is 10.3. The van der Waals surface area contributed by atoms with E-state index < -0.39 is 22.0 Å². The number of hydrogen-bond donors (Lipinski definition) is 1. The van der Waals surface area contributed by atoms with E-state index in [-0.39, 0.29) is 6.10 Å². The Morgan fingerprint density at radius 2 is 1.63 bits per heavy atom. The maximum Gasteiger partial charge on any atom is 0.247 e. The van der Waals surface area contributed by atoms with Gasteiger partial charge in [0.1, 0.15) is 11.8 Å². The molecule has 2 aromatic carbocycles. The van der Waals surface area contributed by atoms with Crippen molar-refractivity contribution in [1.29, 1.82) is 0 Å². The second-order valence-electron chi connectivity index (χ2n) is 8.12. The Labute approximate surface area is 179 Å². The molecule has 1 aliphatic carbocycles. The fraction of sp³-hybridized carbons (Fsp3) is 0.435. The molecule has 0 unspecified atom stereocenters. The quantitative estimate of drug-likeness (QED) is 0.706. The van der Waals surface area contributed by atoms with Gasteiger partial charge >= 0.3 is 0 Å². The summed E-state index contributed by atoms with van der Waals surface area (Å²) in [7, 11) is -3.66. The first-order valence-corrected chi connectivity index (χ1v) is 12.1. The van der Waals surface area contributed by atoms with Gasteiger partial charge in [0.2, 0.25) is 15.9 Å². The van der Waals surface area contributed by atoms with Gasteiger partial charge in [-0.25, -0.2) is 8.42 Å². The third-order valence-electron chi connectivity index (χ3n) is 5.28. The highest BCUT2D eigenvalue weighted by atomic mass is 32.2.